The van der Waals surface area contributed by atoms with Gasteiger partial charge >= 0.3 is 0 Å². The minimum atomic E-state index is 0.201. The van der Waals surface area contributed by atoms with Gasteiger partial charge in [0.2, 0.25) is 5.91 Å². The van der Waals surface area contributed by atoms with E-state index in [4.69, 9.17) is 0 Å². The fraction of sp³-hybridized carbons (Fsp3) is 0.941. The first-order valence-corrected chi connectivity index (χ1v) is 8.46. The van der Waals surface area contributed by atoms with E-state index in [2.05, 4.69) is 30.9 Å². The third kappa shape index (κ3) is 8.42. The van der Waals surface area contributed by atoms with Gasteiger partial charge in [0, 0.05) is 39.6 Å². The molecule has 1 aliphatic rings. The molecule has 0 aromatic carbocycles. The number of hydrogen-bond acceptors (Lipinski definition) is 3. The van der Waals surface area contributed by atoms with E-state index in [0.29, 0.717) is 6.04 Å². The van der Waals surface area contributed by atoms with Crippen LogP contribution in [0.1, 0.15) is 46.5 Å². The summed E-state index contributed by atoms with van der Waals surface area (Å²) in [5.74, 6) is 1.01. The molecule has 4 heteroatoms. The van der Waals surface area contributed by atoms with Crippen molar-refractivity contribution < 1.29 is 4.79 Å². The SMILES string of the molecule is CC.CC(=O)N(C)C1CCC(CN(C)CCN(C)C)CC1. The molecule has 1 rings (SSSR count). The molecular weight excluding hydrogens is 262 g/mol. The van der Waals surface area contributed by atoms with Crippen LogP contribution in [0.3, 0.4) is 0 Å². The maximum Gasteiger partial charge on any atom is 0.219 e. The lowest BCUT2D eigenvalue weighted by atomic mass is 9.85. The second-order valence-electron chi connectivity index (χ2n) is 6.37. The largest absolute Gasteiger partial charge is 0.343 e. The van der Waals surface area contributed by atoms with E-state index < -0.39 is 0 Å². The predicted octanol–water partition coefficient (Wildman–Crippen LogP) is 2.54. The van der Waals surface area contributed by atoms with Crippen LogP contribution in [0.25, 0.3) is 0 Å². The molecule has 0 aromatic heterocycles. The van der Waals surface area contributed by atoms with Gasteiger partial charge in [0.1, 0.15) is 0 Å². The molecule has 0 N–H and O–H groups in total. The zero-order valence-corrected chi connectivity index (χ0v) is 15.4. The Hall–Kier alpha value is -0.610. The molecule has 1 aliphatic carbocycles. The van der Waals surface area contributed by atoms with Gasteiger partial charge in [0.05, 0.1) is 0 Å². The first-order chi connectivity index (χ1) is 9.90. The number of nitrogens with zero attached hydrogens (tertiary/aromatic N) is 3. The number of rotatable bonds is 6. The van der Waals surface area contributed by atoms with Crippen molar-refractivity contribution in [3.05, 3.63) is 0 Å². The third-order valence-corrected chi connectivity index (χ3v) is 4.36. The van der Waals surface area contributed by atoms with Crippen LogP contribution in [-0.4, -0.2) is 74.5 Å². The zero-order chi connectivity index (χ0) is 16.4. The summed E-state index contributed by atoms with van der Waals surface area (Å²) in [4.78, 5) is 18.0. The van der Waals surface area contributed by atoms with E-state index in [0.717, 1.165) is 19.0 Å². The summed E-state index contributed by atoms with van der Waals surface area (Å²) in [7, 11) is 8.40. The van der Waals surface area contributed by atoms with Crippen molar-refractivity contribution >= 4 is 5.91 Å². The summed E-state index contributed by atoms with van der Waals surface area (Å²) in [6, 6.07) is 0.473. The van der Waals surface area contributed by atoms with Crippen molar-refractivity contribution in [2.45, 2.75) is 52.5 Å². The van der Waals surface area contributed by atoms with E-state index in [9.17, 15) is 4.79 Å². The topological polar surface area (TPSA) is 26.8 Å². The molecule has 1 amide bonds. The molecule has 0 spiro atoms. The Balaban J connectivity index is 0.00000191. The van der Waals surface area contributed by atoms with Crippen LogP contribution in [0.15, 0.2) is 0 Å². The van der Waals surface area contributed by atoms with Crippen molar-refractivity contribution in [1.82, 2.24) is 14.7 Å². The Morgan fingerprint density at radius 3 is 1.90 bits per heavy atom. The molecule has 0 heterocycles. The van der Waals surface area contributed by atoms with Crippen molar-refractivity contribution in [2.75, 3.05) is 47.8 Å². The molecule has 4 nitrogen and oxygen atoms in total. The molecule has 0 aromatic rings. The van der Waals surface area contributed by atoms with E-state index in [1.54, 1.807) is 6.92 Å². The van der Waals surface area contributed by atoms with Gasteiger partial charge in [-0.05, 0) is 52.7 Å². The molecule has 0 unspecified atom stereocenters. The second-order valence-corrected chi connectivity index (χ2v) is 6.37. The maximum atomic E-state index is 11.4. The molecule has 0 bridgehead atoms. The lowest BCUT2D eigenvalue weighted by Gasteiger charge is -2.35. The highest BCUT2D eigenvalue weighted by Crippen LogP contribution is 2.27. The van der Waals surface area contributed by atoms with Crippen LogP contribution in [0.2, 0.25) is 0 Å². The van der Waals surface area contributed by atoms with Gasteiger partial charge in [-0.3, -0.25) is 4.79 Å². The van der Waals surface area contributed by atoms with Crippen LogP contribution in [-0.2, 0) is 4.79 Å². The summed E-state index contributed by atoms with van der Waals surface area (Å²) in [6.45, 7) is 9.13. The molecule has 0 radical (unpaired) electrons. The molecule has 21 heavy (non-hydrogen) atoms. The van der Waals surface area contributed by atoms with Gasteiger partial charge in [-0.1, -0.05) is 13.8 Å². The monoisotopic (exact) mass is 299 g/mol. The zero-order valence-electron chi connectivity index (χ0n) is 15.4. The van der Waals surface area contributed by atoms with Gasteiger partial charge < -0.3 is 14.7 Å². The summed E-state index contributed by atoms with van der Waals surface area (Å²) in [5.41, 5.74) is 0. The Bertz CT molecular complexity index is 273. The van der Waals surface area contributed by atoms with Crippen molar-refractivity contribution in [3.8, 4) is 0 Å². The quantitative estimate of drug-likeness (QED) is 0.754. The number of hydrogen-bond donors (Lipinski definition) is 0. The first-order valence-electron chi connectivity index (χ1n) is 8.46. The minimum absolute atomic E-state index is 0.201. The van der Waals surface area contributed by atoms with E-state index >= 15 is 0 Å². The Morgan fingerprint density at radius 2 is 1.48 bits per heavy atom. The average molecular weight is 300 g/mol. The van der Waals surface area contributed by atoms with Crippen LogP contribution in [0.5, 0.6) is 0 Å². The van der Waals surface area contributed by atoms with Gasteiger partial charge in [-0.25, -0.2) is 0 Å². The van der Waals surface area contributed by atoms with Crippen molar-refractivity contribution in [2.24, 2.45) is 5.92 Å². The third-order valence-electron chi connectivity index (χ3n) is 4.36. The van der Waals surface area contributed by atoms with Crippen LogP contribution >= 0.6 is 0 Å². The Kier molecular flexibility index (Phi) is 10.7. The average Bonchev–Trinajstić information content (AvgIpc) is 2.47. The van der Waals surface area contributed by atoms with Crippen LogP contribution < -0.4 is 0 Å². The molecule has 0 atom stereocenters. The normalized spacial score (nSPS) is 22.0. The lowest BCUT2D eigenvalue weighted by molar-refractivity contribution is -0.130. The Labute approximate surface area is 132 Å². The highest BCUT2D eigenvalue weighted by atomic mass is 16.2. The van der Waals surface area contributed by atoms with Crippen LogP contribution in [0.4, 0.5) is 0 Å². The number of carbonyl (C=O) groups excluding carboxylic acids is 1. The smallest absolute Gasteiger partial charge is 0.219 e. The predicted molar refractivity (Wildman–Crippen MR) is 91.6 cm³/mol. The summed E-state index contributed by atoms with van der Waals surface area (Å²) in [6.07, 6.45) is 4.85. The summed E-state index contributed by atoms with van der Waals surface area (Å²) in [5, 5.41) is 0. The minimum Gasteiger partial charge on any atom is -0.343 e. The van der Waals surface area contributed by atoms with Crippen molar-refractivity contribution in [3.63, 3.8) is 0 Å². The molecular formula is C17H37N3O. The van der Waals surface area contributed by atoms with Crippen molar-refractivity contribution in [1.29, 1.82) is 0 Å². The highest BCUT2D eigenvalue weighted by Gasteiger charge is 2.25. The summed E-state index contributed by atoms with van der Waals surface area (Å²) >= 11 is 0. The maximum absolute atomic E-state index is 11.4. The second kappa shape index (κ2) is 11.0. The fourth-order valence-electron chi connectivity index (χ4n) is 2.87. The van der Waals surface area contributed by atoms with Gasteiger partial charge in [0.25, 0.3) is 0 Å². The van der Waals surface area contributed by atoms with E-state index in [1.807, 2.05) is 25.8 Å². The molecule has 1 saturated carbocycles. The molecule has 0 aliphatic heterocycles. The molecule has 126 valence electrons. The standard InChI is InChI=1S/C15H31N3O.C2H6/c1-13(19)18(5)15-8-6-14(7-9-15)12-17(4)11-10-16(2)3;1-2/h14-15H,6-12H2,1-5H3;1-2H3. The fourth-order valence-corrected chi connectivity index (χ4v) is 2.87. The van der Waals surface area contributed by atoms with Gasteiger partial charge in [-0.2, -0.15) is 0 Å². The van der Waals surface area contributed by atoms with E-state index in [-0.39, 0.29) is 5.91 Å². The molecule has 0 saturated heterocycles. The number of amides is 1. The van der Waals surface area contributed by atoms with Gasteiger partial charge in [-0.15, -0.1) is 0 Å². The lowest BCUT2D eigenvalue weighted by Crippen LogP contribution is -2.40. The number of likely N-dealkylation sites (N-methyl/N-ethyl adjacent to an activating group) is 2. The highest BCUT2D eigenvalue weighted by molar-refractivity contribution is 5.73. The number of carbonyl (C=O) groups is 1. The van der Waals surface area contributed by atoms with Gasteiger partial charge in [0.15, 0.2) is 0 Å². The first kappa shape index (κ1) is 20.4. The molecule has 1 fully saturated rings. The summed E-state index contributed by atoms with van der Waals surface area (Å²) < 4.78 is 0. The Morgan fingerprint density at radius 1 is 0.952 bits per heavy atom. The van der Waals surface area contributed by atoms with E-state index in [1.165, 1.54) is 32.2 Å². The van der Waals surface area contributed by atoms with Crippen LogP contribution in [0, 0.1) is 5.92 Å².